The fourth-order valence-electron chi connectivity index (χ4n) is 5.25. The summed E-state index contributed by atoms with van der Waals surface area (Å²) in [6.07, 6.45) is 20.7. The molecule has 1 unspecified atom stereocenters. The van der Waals surface area contributed by atoms with Crippen LogP contribution in [0.4, 0.5) is 0 Å². The Kier molecular flexibility index (Phi) is 8.00. The molecule has 3 rings (SSSR count). The van der Waals surface area contributed by atoms with Crippen LogP contribution in [0, 0.1) is 29.1 Å². The maximum atomic E-state index is 8.90. The molecule has 1 fully saturated rings. The quantitative estimate of drug-likeness (QED) is 0.344. The normalized spacial score (nSPS) is 25.6. The Hall–Kier alpha value is -1.55. The fraction of sp³-hybridized carbons (Fsp3) is 0.654. The first kappa shape index (κ1) is 20.2. The number of hydrogen-bond acceptors (Lipinski definition) is 1. The summed E-state index contributed by atoms with van der Waals surface area (Å²) >= 11 is 0. The van der Waals surface area contributed by atoms with E-state index >= 15 is 0 Å². The Labute approximate surface area is 166 Å². The van der Waals surface area contributed by atoms with Crippen molar-refractivity contribution in [2.24, 2.45) is 17.8 Å². The lowest BCUT2D eigenvalue weighted by molar-refractivity contribution is 0.185. The molecule has 1 nitrogen and oxygen atoms in total. The molecule has 0 aromatic heterocycles. The third kappa shape index (κ3) is 6.24. The summed E-state index contributed by atoms with van der Waals surface area (Å²) < 4.78 is 0. The van der Waals surface area contributed by atoms with Crippen molar-refractivity contribution in [3.8, 4) is 6.07 Å². The van der Waals surface area contributed by atoms with E-state index in [4.69, 9.17) is 5.26 Å². The van der Waals surface area contributed by atoms with Gasteiger partial charge in [-0.25, -0.2) is 0 Å². The summed E-state index contributed by atoms with van der Waals surface area (Å²) in [6, 6.07) is 10.3. The molecule has 0 N–H and O–H groups in total. The maximum absolute atomic E-state index is 8.90. The van der Waals surface area contributed by atoms with Gasteiger partial charge in [0.2, 0.25) is 0 Å². The van der Waals surface area contributed by atoms with E-state index in [0.29, 0.717) is 0 Å². The monoisotopic (exact) mass is 363 g/mol. The minimum Gasteiger partial charge on any atom is -0.192 e. The standard InChI is InChI=1S/C26H37N/c1-2-3-4-5-21-12-16-25(17-13-21)26-18-14-23(15-19-26)7-6-22-8-10-24(20-27)11-9-22/h8-11,14,21,25-26H,2-7,12-13,15-19H2,1H3. The van der Waals surface area contributed by atoms with Crippen LogP contribution in [0.5, 0.6) is 0 Å². The molecule has 1 saturated carbocycles. The molecule has 0 amide bonds. The van der Waals surface area contributed by atoms with Gasteiger partial charge in [0, 0.05) is 0 Å². The number of unbranched alkanes of at least 4 members (excludes halogenated alkanes) is 2. The van der Waals surface area contributed by atoms with Crippen molar-refractivity contribution < 1.29 is 0 Å². The summed E-state index contributed by atoms with van der Waals surface area (Å²) in [5.74, 6) is 3.00. The summed E-state index contributed by atoms with van der Waals surface area (Å²) in [5, 5.41) is 8.90. The van der Waals surface area contributed by atoms with Crippen molar-refractivity contribution in [2.45, 2.75) is 90.4 Å². The van der Waals surface area contributed by atoms with E-state index in [1.165, 1.54) is 82.6 Å². The number of nitriles is 1. The molecule has 0 aliphatic heterocycles. The first-order valence-corrected chi connectivity index (χ1v) is 11.5. The minimum atomic E-state index is 0.763. The second-order valence-corrected chi connectivity index (χ2v) is 8.98. The third-order valence-corrected chi connectivity index (χ3v) is 7.14. The zero-order chi connectivity index (χ0) is 18.9. The first-order chi connectivity index (χ1) is 13.3. The Morgan fingerprint density at radius 3 is 2.33 bits per heavy atom. The number of allylic oxidation sites excluding steroid dienone is 2. The summed E-state index contributed by atoms with van der Waals surface area (Å²) in [7, 11) is 0. The highest BCUT2D eigenvalue weighted by molar-refractivity contribution is 5.32. The van der Waals surface area contributed by atoms with Crippen LogP contribution >= 0.6 is 0 Å². The molecule has 1 heteroatoms. The van der Waals surface area contributed by atoms with E-state index in [1.807, 2.05) is 12.1 Å². The lowest BCUT2D eigenvalue weighted by atomic mass is 9.70. The summed E-state index contributed by atoms with van der Waals surface area (Å²) in [4.78, 5) is 0. The van der Waals surface area contributed by atoms with Crippen LogP contribution in [0.2, 0.25) is 0 Å². The SMILES string of the molecule is CCCCCC1CCC(C2CC=C(CCc3ccc(C#N)cc3)CC2)CC1. The number of rotatable bonds is 8. The highest BCUT2D eigenvalue weighted by atomic mass is 14.3. The van der Waals surface area contributed by atoms with Gasteiger partial charge in [0.15, 0.2) is 0 Å². The van der Waals surface area contributed by atoms with Crippen LogP contribution in [-0.2, 0) is 6.42 Å². The summed E-state index contributed by atoms with van der Waals surface area (Å²) in [5.41, 5.74) is 3.79. The maximum Gasteiger partial charge on any atom is 0.0991 e. The lowest BCUT2D eigenvalue weighted by Crippen LogP contribution is -2.23. The Morgan fingerprint density at radius 2 is 1.70 bits per heavy atom. The molecule has 1 aromatic rings. The predicted octanol–water partition coefficient (Wildman–Crippen LogP) is 7.60. The van der Waals surface area contributed by atoms with Gasteiger partial charge < -0.3 is 0 Å². The van der Waals surface area contributed by atoms with Crippen molar-refractivity contribution >= 4 is 0 Å². The van der Waals surface area contributed by atoms with Gasteiger partial charge in [0.25, 0.3) is 0 Å². The van der Waals surface area contributed by atoms with Gasteiger partial charge >= 0.3 is 0 Å². The Bertz CT molecular complexity index is 625. The molecule has 27 heavy (non-hydrogen) atoms. The van der Waals surface area contributed by atoms with Gasteiger partial charge in [-0.05, 0) is 80.4 Å². The number of nitrogens with zero attached hydrogens (tertiary/aromatic N) is 1. The number of aryl methyl sites for hydroxylation is 1. The van der Waals surface area contributed by atoms with Crippen molar-refractivity contribution in [3.63, 3.8) is 0 Å². The van der Waals surface area contributed by atoms with Gasteiger partial charge in [-0.15, -0.1) is 0 Å². The van der Waals surface area contributed by atoms with Crippen molar-refractivity contribution in [2.75, 3.05) is 0 Å². The molecule has 2 aliphatic carbocycles. The molecular formula is C26H37N. The zero-order valence-electron chi connectivity index (χ0n) is 17.3. The van der Waals surface area contributed by atoms with Gasteiger partial charge in [0.05, 0.1) is 11.6 Å². The van der Waals surface area contributed by atoms with Crippen LogP contribution in [0.1, 0.15) is 95.1 Å². The zero-order valence-corrected chi connectivity index (χ0v) is 17.3. The van der Waals surface area contributed by atoms with Crippen LogP contribution in [0.3, 0.4) is 0 Å². The van der Waals surface area contributed by atoms with E-state index in [1.54, 1.807) is 5.57 Å². The fourth-order valence-corrected chi connectivity index (χ4v) is 5.25. The van der Waals surface area contributed by atoms with Gasteiger partial charge in [-0.2, -0.15) is 5.26 Å². The van der Waals surface area contributed by atoms with Gasteiger partial charge in [-0.1, -0.05) is 69.2 Å². The molecule has 2 aliphatic rings. The molecule has 0 radical (unpaired) electrons. The largest absolute Gasteiger partial charge is 0.192 e. The minimum absolute atomic E-state index is 0.763. The van der Waals surface area contributed by atoms with Crippen LogP contribution < -0.4 is 0 Å². The lowest BCUT2D eigenvalue weighted by Gasteiger charge is -2.35. The van der Waals surface area contributed by atoms with E-state index in [-0.39, 0.29) is 0 Å². The van der Waals surface area contributed by atoms with E-state index in [2.05, 4.69) is 31.2 Å². The van der Waals surface area contributed by atoms with Gasteiger partial charge in [-0.3, -0.25) is 0 Å². The smallest absolute Gasteiger partial charge is 0.0991 e. The van der Waals surface area contributed by atoms with Gasteiger partial charge in [0.1, 0.15) is 0 Å². The van der Waals surface area contributed by atoms with Crippen molar-refractivity contribution in [1.82, 2.24) is 0 Å². The van der Waals surface area contributed by atoms with Crippen LogP contribution in [0.15, 0.2) is 35.9 Å². The molecule has 1 atom stereocenters. The predicted molar refractivity (Wildman–Crippen MR) is 114 cm³/mol. The van der Waals surface area contributed by atoms with Crippen LogP contribution in [-0.4, -0.2) is 0 Å². The van der Waals surface area contributed by atoms with Crippen molar-refractivity contribution in [1.29, 1.82) is 5.26 Å². The highest BCUT2D eigenvalue weighted by Crippen LogP contribution is 2.41. The molecule has 0 heterocycles. The third-order valence-electron chi connectivity index (χ3n) is 7.14. The average molecular weight is 364 g/mol. The molecule has 146 valence electrons. The van der Waals surface area contributed by atoms with E-state index < -0.39 is 0 Å². The Morgan fingerprint density at radius 1 is 0.926 bits per heavy atom. The second kappa shape index (κ2) is 10.7. The van der Waals surface area contributed by atoms with Crippen molar-refractivity contribution in [3.05, 3.63) is 47.0 Å². The highest BCUT2D eigenvalue weighted by Gasteiger charge is 2.28. The number of benzene rings is 1. The topological polar surface area (TPSA) is 23.8 Å². The number of hydrogen-bond donors (Lipinski definition) is 0. The first-order valence-electron chi connectivity index (χ1n) is 11.5. The molecule has 1 aromatic carbocycles. The average Bonchev–Trinajstić information content (AvgIpc) is 2.74. The van der Waals surface area contributed by atoms with Crippen LogP contribution in [0.25, 0.3) is 0 Å². The molecular weight excluding hydrogens is 326 g/mol. The summed E-state index contributed by atoms with van der Waals surface area (Å²) in [6.45, 7) is 2.31. The molecule has 0 bridgehead atoms. The van der Waals surface area contributed by atoms with E-state index in [9.17, 15) is 0 Å². The molecule has 0 saturated heterocycles. The molecule has 0 spiro atoms. The van der Waals surface area contributed by atoms with E-state index in [0.717, 1.165) is 29.7 Å². The Balaban J connectivity index is 1.37. The second-order valence-electron chi connectivity index (χ2n) is 8.98.